The third-order valence-electron chi connectivity index (χ3n) is 5.87. The van der Waals surface area contributed by atoms with Crippen molar-refractivity contribution in [3.63, 3.8) is 0 Å². The number of halogens is 2. The van der Waals surface area contributed by atoms with Gasteiger partial charge >= 0.3 is 0 Å². The van der Waals surface area contributed by atoms with Gasteiger partial charge in [-0.05, 0) is 49.9 Å². The van der Waals surface area contributed by atoms with Crippen molar-refractivity contribution >= 4 is 11.4 Å². The Morgan fingerprint density at radius 1 is 0.567 bits per heavy atom. The molecule has 0 saturated heterocycles. The van der Waals surface area contributed by atoms with Crippen LogP contribution in [-0.4, -0.2) is 23.1 Å². The van der Waals surface area contributed by atoms with Crippen molar-refractivity contribution in [1.29, 1.82) is 0 Å². The Bertz CT molecular complexity index is 919. The zero-order valence-corrected chi connectivity index (χ0v) is 16.7. The van der Waals surface area contributed by atoms with Crippen LogP contribution in [0.3, 0.4) is 0 Å². The predicted molar refractivity (Wildman–Crippen MR) is 115 cm³/mol. The Morgan fingerprint density at radius 2 is 0.967 bits per heavy atom. The highest BCUT2D eigenvalue weighted by atomic mass is 19.1. The fraction of sp³-hybridized carbons (Fsp3) is 0.250. The van der Waals surface area contributed by atoms with Crippen molar-refractivity contribution in [1.82, 2.24) is 9.80 Å². The lowest BCUT2D eigenvalue weighted by Gasteiger charge is -2.34. The first-order chi connectivity index (χ1) is 14.7. The number of para-hydroxylation sites is 2. The maximum atomic E-state index is 15.0. The molecule has 154 valence electrons. The van der Waals surface area contributed by atoms with Crippen LogP contribution in [0.25, 0.3) is 0 Å². The number of hydrogen-bond acceptors (Lipinski definition) is 4. The summed E-state index contributed by atoms with van der Waals surface area (Å²) in [5.41, 5.74) is 3.64. The van der Waals surface area contributed by atoms with Crippen molar-refractivity contribution in [3.05, 3.63) is 96.4 Å². The summed E-state index contributed by atoms with van der Waals surface area (Å²) in [7, 11) is 0. The molecule has 0 N–H and O–H groups in total. The Hall–Kier alpha value is -3.28. The van der Waals surface area contributed by atoms with E-state index in [4.69, 9.17) is 0 Å². The van der Waals surface area contributed by atoms with E-state index < -0.39 is 0 Å². The molecule has 2 aromatic rings. The molecule has 6 heteroatoms. The average Bonchev–Trinajstić information content (AvgIpc) is 3.38. The summed E-state index contributed by atoms with van der Waals surface area (Å²) in [6.07, 6.45) is 6.51. The molecule has 0 spiro atoms. The molecule has 0 amide bonds. The molecule has 30 heavy (non-hydrogen) atoms. The zero-order chi connectivity index (χ0) is 20.5. The average molecular weight is 406 g/mol. The number of nitrogens with zero attached hydrogens (tertiary/aromatic N) is 4. The molecule has 2 aliphatic heterocycles. The van der Waals surface area contributed by atoms with E-state index >= 15 is 0 Å². The van der Waals surface area contributed by atoms with Crippen molar-refractivity contribution in [2.45, 2.75) is 25.7 Å². The van der Waals surface area contributed by atoms with Crippen molar-refractivity contribution in [2.75, 3.05) is 23.1 Å². The predicted octanol–water partition coefficient (Wildman–Crippen LogP) is 5.87. The van der Waals surface area contributed by atoms with Gasteiger partial charge in [-0.25, -0.2) is 0 Å². The SMILES string of the molecule is FC1=CN(c2ccccc2)CN1C1=C(N2CN(c3ccccc3)C=C2F)CCCC1. The Balaban J connectivity index is 1.42. The molecule has 0 saturated carbocycles. The number of benzene rings is 2. The second-order valence-electron chi connectivity index (χ2n) is 7.75. The molecule has 5 rings (SSSR count). The molecule has 4 nitrogen and oxygen atoms in total. The molecule has 0 fully saturated rings. The van der Waals surface area contributed by atoms with Gasteiger partial charge in [0, 0.05) is 22.8 Å². The van der Waals surface area contributed by atoms with Crippen LogP contribution in [0.5, 0.6) is 0 Å². The van der Waals surface area contributed by atoms with Crippen molar-refractivity contribution < 1.29 is 8.78 Å². The van der Waals surface area contributed by atoms with E-state index in [1.807, 2.05) is 70.5 Å². The summed E-state index contributed by atoms with van der Waals surface area (Å²) in [6, 6.07) is 19.5. The van der Waals surface area contributed by atoms with Gasteiger partial charge in [-0.1, -0.05) is 36.4 Å². The molecule has 1 aliphatic carbocycles. The van der Waals surface area contributed by atoms with E-state index in [0.29, 0.717) is 13.3 Å². The summed E-state index contributed by atoms with van der Waals surface area (Å²) in [5.74, 6) is -0.589. The van der Waals surface area contributed by atoms with Crippen LogP contribution in [-0.2, 0) is 0 Å². The van der Waals surface area contributed by atoms with Gasteiger partial charge in [0.25, 0.3) is 0 Å². The van der Waals surface area contributed by atoms with Crippen molar-refractivity contribution in [2.24, 2.45) is 0 Å². The van der Waals surface area contributed by atoms with E-state index in [9.17, 15) is 8.78 Å². The lowest BCUT2D eigenvalue weighted by molar-refractivity contribution is 0.287. The Labute approximate surface area is 175 Å². The Morgan fingerprint density at radius 3 is 1.37 bits per heavy atom. The Kier molecular flexibility index (Phi) is 4.91. The lowest BCUT2D eigenvalue weighted by Crippen LogP contribution is -2.33. The molecule has 2 heterocycles. The fourth-order valence-electron chi connectivity index (χ4n) is 4.35. The largest absolute Gasteiger partial charge is 0.325 e. The number of rotatable bonds is 4. The third kappa shape index (κ3) is 3.43. The fourth-order valence-corrected chi connectivity index (χ4v) is 4.35. The van der Waals surface area contributed by atoms with Crippen LogP contribution < -0.4 is 9.80 Å². The molecular formula is C24H24F2N4. The number of allylic oxidation sites excluding steroid dienone is 2. The van der Waals surface area contributed by atoms with Gasteiger partial charge in [-0.15, -0.1) is 0 Å². The smallest absolute Gasteiger partial charge is 0.211 e. The lowest BCUT2D eigenvalue weighted by atomic mass is 9.99. The number of anilines is 2. The highest BCUT2D eigenvalue weighted by Gasteiger charge is 2.33. The highest BCUT2D eigenvalue weighted by Crippen LogP contribution is 2.38. The summed E-state index contributed by atoms with van der Waals surface area (Å²) < 4.78 is 30.0. The summed E-state index contributed by atoms with van der Waals surface area (Å²) in [5, 5.41) is 0. The zero-order valence-electron chi connectivity index (χ0n) is 16.7. The molecule has 0 bridgehead atoms. The maximum absolute atomic E-state index is 15.0. The molecule has 0 atom stereocenters. The standard InChI is InChI=1S/C24H24F2N4/c25-23-15-27(19-9-3-1-4-10-19)17-29(23)21-13-7-8-14-22(21)30-18-28(16-24(30)26)20-11-5-2-6-12-20/h1-6,9-12,15-16H,7-8,13-14,17-18H2. The minimum atomic E-state index is -0.295. The first kappa shape index (κ1) is 18.7. The van der Waals surface area contributed by atoms with Gasteiger partial charge in [0.05, 0.1) is 12.4 Å². The van der Waals surface area contributed by atoms with Gasteiger partial charge in [-0.2, -0.15) is 8.78 Å². The maximum Gasteiger partial charge on any atom is 0.211 e. The molecule has 0 aromatic heterocycles. The quantitative estimate of drug-likeness (QED) is 0.589. The van der Waals surface area contributed by atoms with E-state index in [1.165, 1.54) is 12.4 Å². The molecular weight excluding hydrogens is 382 g/mol. The van der Waals surface area contributed by atoms with Crippen LogP contribution in [0, 0.1) is 0 Å². The molecule has 2 aromatic carbocycles. The van der Waals surface area contributed by atoms with E-state index in [0.717, 1.165) is 48.5 Å². The molecule has 0 unspecified atom stereocenters. The monoisotopic (exact) mass is 406 g/mol. The van der Waals surface area contributed by atoms with Crippen LogP contribution in [0.4, 0.5) is 20.2 Å². The second kappa shape index (κ2) is 7.86. The van der Waals surface area contributed by atoms with Crippen LogP contribution >= 0.6 is 0 Å². The van der Waals surface area contributed by atoms with Crippen molar-refractivity contribution in [3.8, 4) is 0 Å². The highest BCUT2D eigenvalue weighted by molar-refractivity contribution is 5.52. The second-order valence-corrected chi connectivity index (χ2v) is 7.75. The molecule has 0 radical (unpaired) electrons. The van der Waals surface area contributed by atoms with Gasteiger partial charge in [-0.3, -0.25) is 0 Å². The van der Waals surface area contributed by atoms with Crippen LogP contribution in [0.2, 0.25) is 0 Å². The topological polar surface area (TPSA) is 13.0 Å². The summed E-state index contributed by atoms with van der Waals surface area (Å²) in [6.45, 7) is 0.798. The van der Waals surface area contributed by atoms with E-state index in [1.54, 1.807) is 9.80 Å². The van der Waals surface area contributed by atoms with E-state index in [-0.39, 0.29) is 11.9 Å². The normalized spacial score (nSPS) is 19.5. The van der Waals surface area contributed by atoms with Gasteiger partial charge in [0.1, 0.15) is 13.3 Å². The van der Waals surface area contributed by atoms with Crippen LogP contribution in [0.1, 0.15) is 25.7 Å². The van der Waals surface area contributed by atoms with Crippen LogP contribution in [0.15, 0.2) is 96.4 Å². The minimum Gasteiger partial charge on any atom is -0.325 e. The van der Waals surface area contributed by atoms with E-state index in [2.05, 4.69) is 0 Å². The summed E-state index contributed by atoms with van der Waals surface area (Å²) in [4.78, 5) is 7.17. The van der Waals surface area contributed by atoms with Gasteiger partial charge in [0.15, 0.2) is 0 Å². The van der Waals surface area contributed by atoms with Gasteiger partial charge < -0.3 is 19.6 Å². The van der Waals surface area contributed by atoms with Gasteiger partial charge in [0.2, 0.25) is 11.9 Å². The molecule has 3 aliphatic rings. The number of hydrogen-bond donors (Lipinski definition) is 0. The third-order valence-corrected chi connectivity index (χ3v) is 5.87. The minimum absolute atomic E-state index is 0.295. The first-order valence-corrected chi connectivity index (χ1v) is 10.4. The summed E-state index contributed by atoms with van der Waals surface area (Å²) >= 11 is 0. The first-order valence-electron chi connectivity index (χ1n) is 10.4.